The van der Waals surface area contributed by atoms with Gasteiger partial charge in [0, 0.05) is 11.6 Å². The van der Waals surface area contributed by atoms with E-state index in [-0.39, 0.29) is 4.90 Å². The predicted molar refractivity (Wildman–Crippen MR) is 102 cm³/mol. The minimum absolute atomic E-state index is 0.0838. The predicted octanol–water partition coefficient (Wildman–Crippen LogP) is 1.52. The van der Waals surface area contributed by atoms with Crippen LogP contribution < -0.4 is 19.6 Å². The number of amides is 1. The molecule has 0 radical (unpaired) electrons. The van der Waals surface area contributed by atoms with E-state index >= 15 is 0 Å². The number of methoxy groups -OCH3 is 2. The first-order valence-electron chi connectivity index (χ1n) is 7.97. The molecule has 8 nitrogen and oxygen atoms in total. The van der Waals surface area contributed by atoms with Crippen LogP contribution in [0.2, 0.25) is 0 Å². The highest BCUT2D eigenvalue weighted by atomic mass is 32.2. The summed E-state index contributed by atoms with van der Waals surface area (Å²) < 4.78 is 36.8. The van der Waals surface area contributed by atoms with Gasteiger partial charge in [0.15, 0.2) is 0 Å². The first kappa shape index (κ1) is 20.4. The van der Waals surface area contributed by atoms with Crippen LogP contribution in [-0.4, -0.2) is 40.8 Å². The number of hydrazone groups is 1. The Hall–Kier alpha value is -2.91. The number of nitrogens with zero attached hydrogens (tertiary/aromatic N) is 1. The molecule has 0 atom stereocenters. The van der Waals surface area contributed by atoms with Gasteiger partial charge < -0.3 is 9.47 Å². The maximum absolute atomic E-state index is 12.1. The summed E-state index contributed by atoms with van der Waals surface area (Å²) >= 11 is 0. The standard InChI is InChI=1S/C18H21N3O5S/c1-13(16-10-9-14(25-2)11-17(16)26-3)20-21-18(22)12-19-27(23,24)15-7-5-4-6-8-15/h4-11,19H,12H2,1-3H3,(H,21,22)/b20-13-. The fourth-order valence-corrected chi connectivity index (χ4v) is 3.19. The molecule has 2 aromatic carbocycles. The maximum Gasteiger partial charge on any atom is 0.255 e. The molecule has 0 aliphatic carbocycles. The SMILES string of the molecule is COc1ccc(/C(C)=N\NC(=O)CNS(=O)(=O)c2ccccc2)c(OC)c1. The highest BCUT2D eigenvalue weighted by molar-refractivity contribution is 7.89. The molecule has 9 heteroatoms. The van der Waals surface area contributed by atoms with Crippen LogP contribution in [0.25, 0.3) is 0 Å². The monoisotopic (exact) mass is 391 g/mol. The highest BCUT2D eigenvalue weighted by Crippen LogP contribution is 2.25. The fraction of sp³-hybridized carbons (Fsp3) is 0.222. The summed E-state index contributed by atoms with van der Waals surface area (Å²) in [4.78, 5) is 12.0. The molecule has 144 valence electrons. The lowest BCUT2D eigenvalue weighted by atomic mass is 10.1. The van der Waals surface area contributed by atoms with Crippen molar-refractivity contribution in [3.8, 4) is 11.5 Å². The summed E-state index contributed by atoms with van der Waals surface area (Å²) in [5, 5.41) is 3.99. The molecular formula is C18H21N3O5S. The average molecular weight is 391 g/mol. The topological polar surface area (TPSA) is 106 Å². The second-order valence-corrected chi connectivity index (χ2v) is 7.20. The Balaban J connectivity index is 2.00. The molecule has 1 amide bonds. The van der Waals surface area contributed by atoms with Gasteiger partial charge in [-0.2, -0.15) is 5.10 Å². The first-order valence-corrected chi connectivity index (χ1v) is 9.46. The van der Waals surface area contributed by atoms with Gasteiger partial charge in [0.05, 0.1) is 31.4 Å². The largest absolute Gasteiger partial charge is 0.497 e. The van der Waals surface area contributed by atoms with Gasteiger partial charge in [0.1, 0.15) is 11.5 Å². The number of ether oxygens (including phenoxy) is 2. The average Bonchev–Trinajstić information content (AvgIpc) is 2.70. The van der Waals surface area contributed by atoms with E-state index in [1.54, 1.807) is 50.4 Å². The number of hydrogen-bond acceptors (Lipinski definition) is 6. The van der Waals surface area contributed by atoms with Gasteiger partial charge in [0.2, 0.25) is 10.0 Å². The molecule has 27 heavy (non-hydrogen) atoms. The molecular weight excluding hydrogens is 370 g/mol. The van der Waals surface area contributed by atoms with E-state index in [0.717, 1.165) is 0 Å². The molecule has 2 rings (SSSR count). The second kappa shape index (κ2) is 9.15. The lowest BCUT2D eigenvalue weighted by Crippen LogP contribution is -2.35. The molecule has 0 heterocycles. The van der Waals surface area contributed by atoms with Gasteiger partial charge in [-0.25, -0.2) is 18.6 Å². The quantitative estimate of drug-likeness (QED) is 0.524. The van der Waals surface area contributed by atoms with E-state index in [1.807, 2.05) is 0 Å². The van der Waals surface area contributed by atoms with Crippen LogP contribution in [0.4, 0.5) is 0 Å². The van der Waals surface area contributed by atoms with Crippen molar-refractivity contribution in [2.24, 2.45) is 5.10 Å². The van der Waals surface area contributed by atoms with Gasteiger partial charge in [-0.1, -0.05) is 18.2 Å². The second-order valence-electron chi connectivity index (χ2n) is 5.44. The van der Waals surface area contributed by atoms with E-state index in [9.17, 15) is 13.2 Å². The van der Waals surface area contributed by atoms with Crippen molar-refractivity contribution in [2.45, 2.75) is 11.8 Å². The van der Waals surface area contributed by atoms with Gasteiger partial charge in [-0.15, -0.1) is 0 Å². The third kappa shape index (κ3) is 5.53. The Morgan fingerprint density at radius 2 is 1.78 bits per heavy atom. The van der Waals surface area contributed by atoms with Crippen molar-refractivity contribution < 1.29 is 22.7 Å². The lowest BCUT2D eigenvalue weighted by molar-refractivity contribution is -0.119. The summed E-state index contributed by atoms with van der Waals surface area (Å²) in [6, 6.07) is 13.0. The van der Waals surface area contributed by atoms with Crippen molar-refractivity contribution >= 4 is 21.6 Å². The van der Waals surface area contributed by atoms with E-state index in [1.165, 1.54) is 19.2 Å². The van der Waals surface area contributed by atoms with Crippen LogP contribution in [0, 0.1) is 0 Å². The van der Waals surface area contributed by atoms with Crippen LogP contribution in [0.1, 0.15) is 12.5 Å². The third-order valence-electron chi connectivity index (χ3n) is 3.62. The molecule has 0 saturated carbocycles. The Morgan fingerprint density at radius 1 is 1.07 bits per heavy atom. The molecule has 0 bridgehead atoms. The summed E-state index contributed by atoms with van der Waals surface area (Å²) in [6.07, 6.45) is 0. The summed E-state index contributed by atoms with van der Waals surface area (Å²) in [7, 11) is -0.694. The van der Waals surface area contributed by atoms with Crippen LogP contribution in [0.15, 0.2) is 58.5 Å². The Bertz CT molecular complexity index is 927. The molecule has 0 aliphatic heterocycles. The Labute approximate surface area is 158 Å². The Morgan fingerprint density at radius 3 is 2.41 bits per heavy atom. The van der Waals surface area contributed by atoms with Gasteiger partial charge >= 0.3 is 0 Å². The third-order valence-corrected chi connectivity index (χ3v) is 5.04. The van der Waals surface area contributed by atoms with Crippen LogP contribution in [0.5, 0.6) is 11.5 Å². The minimum Gasteiger partial charge on any atom is -0.497 e. The lowest BCUT2D eigenvalue weighted by Gasteiger charge is -2.10. The number of benzene rings is 2. The maximum atomic E-state index is 12.1. The molecule has 0 saturated heterocycles. The number of carbonyl (C=O) groups is 1. The number of rotatable bonds is 8. The normalized spacial score (nSPS) is 11.7. The zero-order valence-corrected chi connectivity index (χ0v) is 16.0. The summed E-state index contributed by atoms with van der Waals surface area (Å²) in [6.45, 7) is 1.26. The van der Waals surface area contributed by atoms with Crippen LogP contribution in [-0.2, 0) is 14.8 Å². The van der Waals surface area contributed by atoms with E-state index in [4.69, 9.17) is 9.47 Å². The van der Waals surface area contributed by atoms with E-state index in [0.29, 0.717) is 22.8 Å². The van der Waals surface area contributed by atoms with Crippen LogP contribution >= 0.6 is 0 Å². The molecule has 0 aromatic heterocycles. The minimum atomic E-state index is -3.76. The molecule has 0 spiro atoms. The van der Waals surface area contributed by atoms with Crippen molar-refractivity contribution in [1.29, 1.82) is 0 Å². The van der Waals surface area contributed by atoms with Crippen molar-refractivity contribution in [1.82, 2.24) is 10.1 Å². The fourth-order valence-electron chi connectivity index (χ4n) is 2.19. The smallest absolute Gasteiger partial charge is 0.255 e. The van der Waals surface area contributed by atoms with Crippen LogP contribution in [0.3, 0.4) is 0 Å². The zero-order chi connectivity index (χ0) is 19.9. The molecule has 2 aromatic rings. The zero-order valence-electron chi connectivity index (χ0n) is 15.2. The van der Waals surface area contributed by atoms with E-state index in [2.05, 4.69) is 15.2 Å². The first-order chi connectivity index (χ1) is 12.9. The number of nitrogens with one attached hydrogen (secondary N) is 2. The number of sulfonamides is 1. The van der Waals surface area contributed by atoms with Crippen molar-refractivity contribution in [3.63, 3.8) is 0 Å². The summed E-state index contributed by atoms with van der Waals surface area (Å²) in [5.74, 6) is 0.568. The molecule has 2 N–H and O–H groups in total. The highest BCUT2D eigenvalue weighted by Gasteiger charge is 2.15. The van der Waals surface area contributed by atoms with Gasteiger partial charge in [-0.05, 0) is 31.2 Å². The Kier molecular flexibility index (Phi) is 6.91. The number of hydrogen-bond donors (Lipinski definition) is 2. The van der Waals surface area contributed by atoms with Crippen molar-refractivity contribution in [3.05, 3.63) is 54.1 Å². The molecule has 0 aliphatic rings. The van der Waals surface area contributed by atoms with Gasteiger partial charge in [-0.3, -0.25) is 4.79 Å². The molecule has 0 unspecified atom stereocenters. The van der Waals surface area contributed by atoms with Crippen molar-refractivity contribution in [2.75, 3.05) is 20.8 Å². The summed E-state index contributed by atoms with van der Waals surface area (Å²) in [5.41, 5.74) is 3.48. The number of carbonyl (C=O) groups excluding carboxylic acids is 1. The van der Waals surface area contributed by atoms with Gasteiger partial charge in [0.25, 0.3) is 5.91 Å². The van der Waals surface area contributed by atoms with E-state index < -0.39 is 22.5 Å². The molecule has 0 fully saturated rings.